The molecule has 140 valence electrons. The monoisotopic (exact) mass is 354 g/mol. The second-order valence-electron chi connectivity index (χ2n) is 5.52. The van der Waals surface area contributed by atoms with Gasteiger partial charge in [0.2, 0.25) is 5.78 Å². The molecule has 0 unspecified atom stereocenters. The Hall–Kier alpha value is -1.84. The molecule has 0 aromatic carbocycles. The molecule has 0 fully saturated rings. The lowest BCUT2D eigenvalue weighted by molar-refractivity contribution is -0.171. The third-order valence-electron chi connectivity index (χ3n) is 3.25. The van der Waals surface area contributed by atoms with Crippen LogP contribution in [0.4, 0.5) is 13.2 Å². The van der Waals surface area contributed by atoms with Crippen LogP contribution in [0.3, 0.4) is 0 Å². The molecule has 0 aliphatic rings. The lowest BCUT2D eigenvalue weighted by Crippen LogP contribution is -2.22. The molecule has 0 aromatic rings. The zero-order chi connectivity index (χ0) is 18.8. The highest BCUT2D eigenvalue weighted by Crippen LogP contribution is 2.19. The molecule has 0 spiro atoms. The first-order valence-electron chi connectivity index (χ1n) is 8.83. The lowest BCUT2D eigenvalue weighted by Gasteiger charge is -2.02. The minimum absolute atomic E-state index is 0.239. The number of hydrogen-bond donors (Lipinski definition) is 0. The van der Waals surface area contributed by atoms with Crippen LogP contribution in [0.1, 0.15) is 58.3 Å². The van der Waals surface area contributed by atoms with Crippen molar-refractivity contribution in [3.63, 3.8) is 0 Å². The molecule has 0 bridgehead atoms. The maximum Gasteiger partial charge on any atom is 0.449 e. The van der Waals surface area contributed by atoms with Crippen LogP contribution in [-0.2, 0) is 4.79 Å². The second kappa shape index (κ2) is 15.7. The summed E-state index contributed by atoms with van der Waals surface area (Å²) in [5.74, 6) is -1.64. The molecule has 0 heterocycles. The molecule has 4 heteroatoms. The Morgan fingerprint density at radius 1 is 0.720 bits per heavy atom. The summed E-state index contributed by atoms with van der Waals surface area (Å²) in [6, 6.07) is 0. The van der Waals surface area contributed by atoms with Gasteiger partial charge in [0.1, 0.15) is 0 Å². The Morgan fingerprint density at radius 3 is 1.52 bits per heavy atom. The van der Waals surface area contributed by atoms with Gasteiger partial charge in [-0.1, -0.05) is 67.7 Å². The van der Waals surface area contributed by atoms with Crippen LogP contribution >= 0.6 is 0 Å². The van der Waals surface area contributed by atoms with Crippen molar-refractivity contribution in [2.75, 3.05) is 0 Å². The number of unbranched alkanes of at least 4 members (excludes halogenated alkanes) is 1. The SMILES string of the molecule is CC/C=C\C/C=C\C/C=C\C/C=C\C/C=C\CCCC(=O)C(F)(F)F. The first-order valence-corrected chi connectivity index (χ1v) is 8.83. The Kier molecular flexibility index (Phi) is 14.5. The fourth-order valence-electron chi connectivity index (χ4n) is 1.89. The van der Waals surface area contributed by atoms with E-state index in [0.717, 1.165) is 32.1 Å². The van der Waals surface area contributed by atoms with Crippen LogP contribution in [0.25, 0.3) is 0 Å². The van der Waals surface area contributed by atoms with E-state index in [1.807, 2.05) is 18.2 Å². The molecule has 0 atom stereocenters. The van der Waals surface area contributed by atoms with Crippen molar-refractivity contribution in [2.45, 2.75) is 64.5 Å². The van der Waals surface area contributed by atoms with Gasteiger partial charge in [0.15, 0.2) is 0 Å². The van der Waals surface area contributed by atoms with Gasteiger partial charge in [-0.25, -0.2) is 0 Å². The summed E-state index contributed by atoms with van der Waals surface area (Å²) < 4.78 is 35.9. The topological polar surface area (TPSA) is 17.1 Å². The molecule has 0 N–H and O–H groups in total. The lowest BCUT2D eigenvalue weighted by atomic mass is 10.1. The fourth-order valence-corrected chi connectivity index (χ4v) is 1.89. The first-order chi connectivity index (χ1) is 12.0. The summed E-state index contributed by atoms with van der Waals surface area (Å²) >= 11 is 0. The number of carbonyl (C=O) groups excluding carboxylic acids is 1. The van der Waals surface area contributed by atoms with E-state index < -0.39 is 18.4 Å². The van der Waals surface area contributed by atoms with Crippen molar-refractivity contribution in [1.82, 2.24) is 0 Å². The number of halogens is 3. The van der Waals surface area contributed by atoms with Crippen molar-refractivity contribution in [3.8, 4) is 0 Å². The summed E-state index contributed by atoms with van der Waals surface area (Å²) in [5.41, 5.74) is 0. The van der Waals surface area contributed by atoms with Gasteiger partial charge in [0.05, 0.1) is 0 Å². The molecule has 0 saturated carbocycles. The third kappa shape index (κ3) is 16.8. The van der Waals surface area contributed by atoms with Crippen LogP contribution in [0.5, 0.6) is 0 Å². The van der Waals surface area contributed by atoms with Gasteiger partial charge in [-0.2, -0.15) is 13.2 Å². The highest BCUT2D eigenvalue weighted by atomic mass is 19.4. The molecule has 0 aliphatic carbocycles. The largest absolute Gasteiger partial charge is 0.449 e. The van der Waals surface area contributed by atoms with E-state index in [1.165, 1.54) is 0 Å². The first kappa shape index (κ1) is 23.2. The van der Waals surface area contributed by atoms with Crippen LogP contribution in [-0.4, -0.2) is 12.0 Å². The Balaban J connectivity index is 3.58. The smallest absolute Gasteiger partial charge is 0.290 e. The molecule has 1 nitrogen and oxygen atoms in total. The van der Waals surface area contributed by atoms with E-state index in [1.54, 1.807) is 0 Å². The van der Waals surface area contributed by atoms with Gasteiger partial charge in [-0.3, -0.25) is 4.79 Å². The Morgan fingerprint density at radius 2 is 1.12 bits per heavy atom. The number of allylic oxidation sites excluding steroid dienone is 10. The van der Waals surface area contributed by atoms with Crippen LogP contribution in [0, 0.1) is 0 Å². The van der Waals surface area contributed by atoms with E-state index in [-0.39, 0.29) is 6.42 Å². The number of ketones is 1. The van der Waals surface area contributed by atoms with Crippen molar-refractivity contribution in [3.05, 3.63) is 60.8 Å². The molecule has 0 saturated heterocycles. The summed E-state index contributed by atoms with van der Waals surface area (Å²) in [6.45, 7) is 2.12. The van der Waals surface area contributed by atoms with Crippen molar-refractivity contribution in [1.29, 1.82) is 0 Å². The molecule has 0 amide bonds. The number of hydrogen-bond acceptors (Lipinski definition) is 1. The highest BCUT2D eigenvalue weighted by molar-refractivity contribution is 5.83. The maximum atomic E-state index is 12.0. The fraction of sp³-hybridized carbons (Fsp3) is 0.476. The molecule has 0 aromatic heterocycles. The van der Waals surface area contributed by atoms with Gasteiger partial charge in [-0.15, -0.1) is 0 Å². The number of Topliss-reactive ketones (excluding diaryl/α,β-unsaturated/α-hetero) is 1. The van der Waals surface area contributed by atoms with Crippen molar-refractivity contribution >= 4 is 5.78 Å². The van der Waals surface area contributed by atoms with Gasteiger partial charge in [0.25, 0.3) is 0 Å². The van der Waals surface area contributed by atoms with E-state index in [2.05, 4.69) is 49.5 Å². The number of carbonyl (C=O) groups is 1. The highest BCUT2D eigenvalue weighted by Gasteiger charge is 2.36. The van der Waals surface area contributed by atoms with Crippen molar-refractivity contribution in [2.24, 2.45) is 0 Å². The van der Waals surface area contributed by atoms with Crippen LogP contribution in [0.2, 0.25) is 0 Å². The molecule has 0 radical (unpaired) electrons. The normalized spacial score (nSPS) is 13.4. The summed E-state index contributed by atoms with van der Waals surface area (Å²) in [6.07, 6.45) is 20.9. The van der Waals surface area contributed by atoms with Gasteiger partial charge in [0, 0.05) is 6.42 Å². The second-order valence-corrected chi connectivity index (χ2v) is 5.52. The zero-order valence-electron chi connectivity index (χ0n) is 15.0. The summed E-state index contributed by atoms with van der Waals surface area (Å²) in [4.78, 5) is 10.7. The quantitative estimate of drug-likeness (QED) is 0.256. The standard InChI is InChI=1S/C21H29F3O/c1-2-3-4-5-6-7-8-9-10-11-12-13-14-15-16-17-18-19-20(25)21(22,23)24/h3-4,6-7,9-10,12-13,15-16H,2,5,8,11,14,17-19H2,1H3/b4-3-,7-6-,10-9-,13-12-,16-15-. The minimum atomic E-state index is -4.69. The van der Waals surface area contributed by atoms with Gasteiger partial charge < -0.3 is 0 Å². The Labute approximate surface area is 149 Å². The summed E-state index contributed by atoms with van der Waals surface area (Å²) in [7, 11) is 0. The van der Waals surface area contributed by atoms with E-state index >= 15 is 0 Å². The Bertz CT molecular complexity index is 480. The van der Waals surface area contributed by atoms with E-state index in [0.29, 0.717) is 6.42 Å². The maximum absolute atomic E-state index is 12.0. The van der Waals surface area contributed by atoms with E-state index in [9.17, 15) is 18.0 Å². The van der Waals surface area contributed by atoms with Crippen LogP contribution < -0.4 is 0 Å². The molecule has 0 rings (SSSR count). The zero-order valence-corrected chi connectivity index (χ0v) is 15.0. The third-order valence-corrected chi connectivity index (χ3v) is 3.25. The van der Waals surface area contributed by atoms with Gasteiger partial charge >= 0.3 is 6.18 Å². The molecule has 0 aliphatic heterocycles. The van der Waals surface area contributed by atoms with E-state index in [4.69, 9.17) is 0 Å². The summed E-state index contributed by atoms with van der Waals surface area (Å²) in [5, 5.41) is 0. The minimum Gasteiger partial charge on any atom is -0.290 e. The van der Waals surface area contributed by atoms with Gasteiger partial charge in [-0.05, 0) is 44.9 Å². The average Bonchev–Trinajstić information content (AvgIpc) is 2.56. The molecule has 25 heavy (non-hydrogen) atoms. The predicted molar refractivity (Wildman–Crippen MR) is 99.4 cm³/mol. The average molecular weight is 354 g/mol. The van der Waals surface area contributed by atoms with Crippen molar-refractivity contribution < 1.29 is 18.0 Å². The molecular weight excluding hydrogens is 325 g/mol. The van der Waals surface area contributed by atoms with Crippen LogP contribution in [0.15, 0.2) is 60.8 Å². The predicted octanol–water partition coefficient (Wildman–Crippen LogP) is 7.04. The number of alkyl halides is 3. The number of rotatable bonds is 13. The molecular formula is C21H29F3O.